The number of aliphatic carboxylic acids is 1. The molecule has 0 saturated carbocycles. The molecule has 0 aliphatic carbocycles. The van der Waals surface area contributed by atoms with Crippen LogP contribution in [0.1, 0.15) is 5.56 Å². The third kappa shape index (κ3) is 4.38. The van der Waals surface area contributed by atoms with E-state index in [9.17, 15) is 13.6 Å². The number of benzene rings is 1. The maximum absolute atomic E-state index is 13.2. The second kappa shape index (κ2) is 7.03. The van der Waals surface area contributed by atoms with E-state index in [1.54, 1.807) is 7.05 Å². The van der Waals surface area contributed by atoms with Gasteiger partial charge in [-0.15, -0.1) is 0 Å². The maximum atomic E-state index is 13.2. The summed E-state index contributed by atoms with van der Waals surface area (Å²) in [5, 5.41) is 14.3. The average Bonchev–Trinajstić information content (AvgIpc) is 2.33. The van der Waals surface area contributed by atoms with E-state index in [4.69, 9.17) is 5.11 Å². The number of nitrogens with one attached hydrogen (secondary N) is 2. The van der Waals surface area contributed by atoms with Crippen molar-refractivity contribution in [1.29, 1.82) is 0 Å². The fourth-order valence-corrected chi connectivity index (χ4v) is 1.52. The Morgan fingerprint density at radius 3 is 2.78 bits per heavy atom. The van der Waals surface area contributed by atoms with E-state index in [1.165, 1.54) is 0 Å². The second-order valence-corrected chi connectivity index (χ2v) is 3.87. The lowest BCUT2D eigenvalue weighted by molar-refractivity contribution is -0.139. The fraction of sp³-hybridized carbons (Fsp3) is 0.417. The third-order valence-electron chi connectivity index (χ3n) is 2.57. The first-order valence-electron chi connectivity index (χ1n) is 5.59. The molecule has 0 spiro atoms. The molecule has 0 amide bonds. The zero-order chi connectivity index (χ0) is 13.5. The van der Waals surface area contributed by atoms with Crippen LogP contribution in [0.25, 0.3) is 0 Å². The molecule has 100 valence electrons. The third-order valence-corrected chi connectivity index (χ3v) is 2.57. The average molecular weight is 258 g/mol. The normalized spacial score (nSPS) is 12.4. The minimum absolute atomic E-state index is 0.225. The molecule has 0 aromatic heterocycles. The van der Waals surface area contributed by atoms with E-state index in [-0.39, 0.29) is 12.1 Å². The van der Waals surface area contributed by atoms with Crippen molar-refractivity contribution in [3.05, 3.63) is 35.4 Å². The van der Waals surface area contributed by atoms with Crippen molar-refractivity contribution < 1.29 is 18.7 Å². The monoisotopic (exact) mass is 258 g/mol. The Bertz CT molecular complexity index is 413. The van der Waals surface area contributed by atoms with Crippen LogP contribution < -0.4 is 10.6 Å². The number of likely N-dealkylation sites (N-methyl/N-ethyl adjacent to an activating group) is 1. The van der Waals surface area contributed by atoms with Crippen LogP contribution in [0.3, 0.4) is 0 Å². The van der Waals surface area contributed by atoms with E-state index in [2.05, 4.69) is 10.6 Å². The fourth-order valence-electron chi connectivity index (χ4n) is 1.52. The summed E-state index contributed by atoms with van der Waals surface area (Å²) in [4.78, 5) is 10.7. The summed E-state index contributed by atoms with van der Waals surface area (Å²) in [5.41, 5.74) is 0.277. The minimum Gasteiger partial charge on any atom is -0.480 e. The molecule has 1 aromatic rings. The summed E-state index contributed by atoms with van der Waals surface area (Å²) in [6.45, 7) is 0.606. The standard InChI is InChI=1S/C12H16F2N2O2/c1-15-11(12(17)18)7-16-5-4-8-6-9(13)2-3-10(8)14/h2-3,6,11,15-16H,4-5,7H2,1H3,(H,17,18). The Hall–Kier alpha value is -1.53. The summed E-state index contributed by atoms with van der Waals surface area (Å²) < 4.78 is 26.1. The molecule has 0 fully saturated rings. The summed E-state index contributed by atoms with van der Waals surface area (Å²) in [6, 6.07) is 2.60. The smallest absolute Gasteiger partial charge is 0.322 e. The van der Waals surface area contributed by atoms with Gasteiger partial charge in [0.1, 0.15) is 17.7 Å². The Kier molecular flexibility index (Phi) is 5.67. The van der Waals surface area contributed by atoms with Crippen molar-refractivity contribution in [1.82, 2.24) is 10.6 Å². The quantitative estimate of drug-likeness (QED) is 0.632. The Morgan fingerprint density at radius 2 is 2.17 bits per heavy atom. The highest BCUT2D eigenvalue weighted by Gasteiger charge is 2.13. The molecule has 1 unspecified atom stereocenters. The first kappa shape index (κ1) is 14.5. The summed E-state index contributed by atoms with van der Waals surface area (Å²) >= 11 is 0. The first-order chi connectivity index (χ1) is 8.54. The highest BCUT2D eigenvalue weighted by Crippen LogP contribution is 2.09. The molecule has 6 heteroatoms. The summed E-state index contributed by atoms with van der Waals surface area (Å²) in [7, 11) is 1.55. The van der Waals surface area contributed by atoms with Gasteiger partial charge in [0.15, 0.2) is 0 Å². The van der Waals surface area contributed by atoms with Gasteiger partial charge in [0.25, 0.3) is 0 Å². The molecule has 0 bridgehead atoms. The number of rotatable bonds is 7. The molecule has 0 radical (unpaired) electrons. The predicted octanol–water partition coefficient (Wildman–Crippen LogP) is 0.770. The molecule has 0 heterocycles. The lowest BCUT2D eigenvalue weighted by atomic mass is 10.1. The van der Waals surface area contributed by atoms with Crippen LogP contribution in [0.15, 0.2) is 18.2 Å². The molecule has 3 N–H and O–H groups in total. The molecule has 0 aliphatic rings. The summed E-state index contributed by atoms with van der Waals surface area (Å²) in [6.07, 6.45) is 0.305. The highest BCUT2D eigenvalue weighted by molar-refractivity contribution is 5.73. The predicted molar refractivity (Wildman–Crippen MR) is 63.4 cm³/mol. The lowest BCUT2D eigenvalue weighted by Crippen LogP contribution is -2.43. The van der Waals surface area contributed by atoms with Gasteiger partial charge < -0.3 is 15.7 Å². The Labute approximate surface area is 104 Å². The topological polar surface area (TPSA) is 61.4 Å². The van der Waals surface area contributed by atoms with Crippen molar-refractivity contribution in [3.63, 3.8) is 0 Å². The van der Waals surface area contributed by atoms with Crippen molar-refractivity contribution in [2.24, 2.45) is 0 Å². The zero-order valence-corrected chi connectivity index (χ0v) is 10.0. The molecule has 0 saturated heterocycles. The maximum Gasteiger partial charge on any atom is 0.322 e. The second-order valence-electron chi connectivity index (χ2n) is 3.87. The van der Waals surface area contributed by atoms with Gasteiger partial charge in [0.2, 0.25) is 0 Å². The molecule has 1 rings (SSSR count). The van der Waals surface area contributed by atoms with Crippen LogP contribution in [0.2, 0.25) is 0 Å². The van der Waals surface area contributed by atoms with Gasteiger partial charge in [-0.1, -0.05) is 0 Å². The zero-order valence-electron chi connectivity index (χ0n) is 10.0. The van der Waals surface area contributed by atoms with Gasteiger partial charge in [-0.2, -0.15) is 0 Å². The van der Waals surface area contributed by atoms with Crippen molar-refractivity contribution >= 4 is 5.97 Å². The lowest BCUT2D eigenvalue weighted by Gasteiger charge is -2.12. The molecular formula is C12H16F2N2O2. The first-order valence-corrected chi connectivity index (χ1v) is 5.59. The highest BCUT2D eigenvalue weighted by atomic mass is 19.1. The van der Waals surface area contributed by atoms with Crippen LogP contribution in [0.4, 0.5) is 8.78 Å². The number of hydrogen-bond acceptors (Lipinski definition) is 3. The van der Waals surface area contributed by atoms with Crippen LogP contribution in [0, 0.1) is 11.6 Å². The van der Waals surface area contributed by atoms with Gasteiger partial charge in [-0.25, -0.2) is 8.78 Å². The largest absolute Gasteiger partial charge is 0.480 e. The van der Waals surface area contributed by atoms with Crippen LogP contribution in [-0.4, -0.2) is 37.3 Å². The number of hydrogen-bond donors (Lipinski definition) is 3. The summed E-state index contributed by atoms with van der Waals surface area (Å²) in [5.74, 6) is -1.89. The molecule has 1 atom stereocenters. The number of carboxylic acid groups (broad SMARTS) is 1. The molecule has 18 heavy (non-hydrogen) atoms. The number of halogens is 2. The van der Waals surface area contributed by atoms with Crippen LogP contribution in [-0.2, 0) is 11.2 Å². The molecule has 4 nitrogen and oxygen atoms in total. The van der Waals surface area contributed by atoms with Crippen LogP contribution in [0.5, 0.6) is 0 Å². The van der Waals surface area contributed by atoms with Gasteiger partial charge >= 0.3 is 5.97 Å². The van der Waals surface area contributed by atoms with Gasteiger partial charge in [0.05, 0.1) is 0 Å². The van der Waals surface area contributed by atoms with Crippen LogP contribution >= 0.6 is 0 Å². The number of carboxylic acids is 1. The number of carbonyl (C=O) groups is 1. The van der Waals surface area contributed by atoms with Gasteiger partial charge in [-0.3, -0.25) is 4.79 Å². The Morgan fingerprint density at radius 1 is 1.44 bits per heavy atom. The molecule has 1 aromatic carbocycles. The van der Waals surface area contributed by atoms with Gasteiger partial charge in [-0.05, 0) is 43.8 Å². The SMILES string of the molecule is CNC(CNCCc1cc(F)ccc1F)C(=O)O. The van der Waals surface area contributed by atoms with Crippen molar-refractivity contribution in [3.8, 4) is 0 Å². The van der Waals surface area contributed by atoms with Crippen molar-refractivity contribution in [2.75, 3.05) is 20.1 Å². The van der Waals surface area contributed by atoms with E-state index in [0.717, 1.165) is 18.2 Å². The van der Waals surface area contributed by atoms with Gasteiger partial charge in [0, 0.05) is 6.54 Å². The molecule has 0 aliphatic heterocycles. The van der Waals surface area contributed by atoms with E-state index in [1.807, 2.05) is 0 Å². The molecular weight excluding hydrogens is 242 g/mol. The van der Waals surface area contributed by atoms with Crippen molar-refractivity contribution in [2.45, 2.75) is 12.5 Å². The minimum atomic E-state index is -0.957. The van der Waals surface area contributed by atoms with E-state index >= 15 is 0 Å². The van der Waals surface area contributed by atoms with E-state index in [0.29, 0.717) is 13.0 Å². The Balaban J connectivity index is 2.37. The van der Waals surface area contributed by atoms with E-state index < -0.39 is 23.6 Å².